The Morgan fingerprint density at radius 2 is 2.10 bits per heavy atom. The van der Waals surface area contributed by atoms with Crippen LogP contribution in [0.3, 0.4) is 0 Å². The maximum Gasteiger partial charge on any atom is 0.258 e. The van der Waals surface area contributed by atoms with Gasteiger partial charge in [-0.05, 0) is 43.9 Å². The van der Waals surface area contributed by atoms with Gasteiger partial charge in [0.1, 0.15) is 0 Å². The molecule has 0 unspecified atom stereocenters. The van der Waals surface area contributed by atoms with Crippen LogP contribution >= 0.6 is 0 Å². The van der Waals surface area contributed by atoms with Gasteiger partial charge in [-0.25, -0.2) is 0 Å². The predicted molar refractivity (Wildman–Crippen MR) is 77.9 cm³/mol. The van der Waals surface area contributed by atoms with E-state index in [0.29, 0.717) is 17.6 Å². The van der Waals surface area contributed by atoms with Crippen molar-refractivity contribution in [2.24, 2.45) is 5.92 Å². The first kappa shape index (κ1) is 13.0. The molecule has 2 aromatic heterocycles. The third kappa shape index (κ3) is 3.13. The van der Waals surface area contributed by atoms with Gasteiger partial charge in [-0.3, -0.25) is 4.98 Å². The second-order valence-electron chi connectivity index (χ2n) is 5.37. The second kappa shape index (κ2) is 5.99. The first-order valence-corrected chi connectivity index (χ1v) is 7.26. The van der Waals surface area contributed by atoms with E-state index < -0.39 is 0 Å². The standard InChI is InChI=1S/C16H19N3O/c1-12-18-16(20-19-12)14-9-10-17-15(11-14)8-7-13-5-3-2-4-6-13/h7-11,13H,2-6H2,1H3/b8-7+. The average molecular weight is 269 g/mol. The summed E-state index contributed by atoms with van der Waals surface area (Å²) < 4.78 is 5.19. The molecule has 2 heterocycles. The maximum absolute atomic E-state index is 5.19. The zero-order chi connectivity index (χ0) is 13.8. The van der Waals surface area contributed by atoms with Gasteiger partial charge in [0.05, 0.1) is 5.69 Å². The van der Waals surface area contributed by atoms with Crippen molar-refractivity contribution in [3.63, 3.8) is 0 Å². The summed E-state index contributed by atoms with van der Waals surface area (Å²) in [6, 6.07) is 3.89. The predicted octanol–water partition coefficient (Wildman–Crippen LogP) is 4.03. The number of hydrogen-bond donors (Lipinski definition) is 0. The Hall–Kier alpha value is -1.97. The average Bonchev–Trinajstić information content (AvgIpc) is 2.93. The van der Waals surface area contributed by atoms with E-state index in [2.05, 4.69) is 27.3 Å². The number of aromatic nitrogens is 3. The van der Waals surface area contributed by atoms with Crippen molar-refractivity contribution in [3.05, 3.63) is 35.9 Å². The minimum absolute atomic E-state index is 0.553. The van der Waals surface area contributed by atoms with Gasteiger partial charge in [0.25, 0.3) is 5.89 Å². The molecule has 0 aromatic carbocycles. The summed E-state index contributed by atoms with van der Waals surface area (Å²) >= 11 is 0. The largest absolute Gasteiger partial charge is 0.334 e. The molecule has 1 aliphatic carbocycles. The van der Waals surface area contributed by atoms with E-state index in [1.165, 1.54) is 32.1 Å². The summed E-state index contributed by atoms with van der Waals surface area (Å²) in [5, 5.41) is 3.82. The summed E-state index contributed by atoms with van der Waals surface area (Å²) in [5.41, 5.74) is 1.87. The Morgan fingerprint density at radius 1 is 1.25 bits per heavy atom. The van der Waals surface area contributed by atoms with Crippen LogP contribution < -0.4 is 0 Å². The molecule has 3 rings (SSSR count). The molecular formula is C16H19N3O. The van der Waals surface area contributed by atoms with Gasteiger partial charge in [0.15, 0.2) is 5.82 Å². The molecule has 0 aliphatic heterocycles. The van der Waals surface area contributed by atoms with Gasteiger partial charge in [-0.1, -0.05) is 30.5 Å². The molecule has 1 fully saturated rings. The fourth-order valence-electron chi connectivity index (χ4n) is 2.65. The summed E-state index contributed by atoms with van der Waals surface area (Å²) in [6.07, 6.45) is 12.9. The van der Waals surface area contributed by atoms with Crippen LogP contribution in [-0.4, -0.2) is 15.1 Å². The molecule has 0 amide bonds. The Bertz CT molecular complexity index is 597. The van der Waals surface area contributed by atoms with Crippen molar-refractivity contribution in [2.75, 3.05) is 0 Å². The molecule has 0 atom stereocenters. The highest BCUT2D eigenvalue weighted by molar-refractivity contribution is 5.58. The molecule has 4 heteroatoms. The number of nitrogens with zero attached hydrogens (tertiary/aromatic N) is 3. The molecule has 2 aromatic rings. The lowest BCUT2D eigenvalue weighted by molar-refractivity contribution is 0.420. The minimum atomic E-state index is 0.553. The van der Waals surface area contributed by atoms with Crippen LogP contribution in [0, 0.1) is 12.8 Å². The van der Waals surface area contributed by atoms with Gasteiger partial charge in [0.2, 0.25) is 0 Å². The zero-order valence-electron chi connectivity index (χ0n) is 11.7. The Labute approximate surface area is 118 Å². The van der Waals surface area contributed by atoms with Crippen molar-refractivity contribution in [1.29, 1.82) is 0 Å². The number of rotatable bonds is 3. The third-order valence-corrected chi connectivity index (χ3v) is 3.74. The van der Waals surface area contributed by atoms with Crippen molar-refractivity contribution in [1.82, 2.24) is 15.1 Å². The van der Waals surface area contributed by atoms with Gasteiger partial charge >= 0.3 is 0 Å². The first-order chi connectivity index (χ1) is 9.81. The van der Waals surface area contributed by atoms with E-state index in [1.807, 2.05) is 19.1 Å². The fraction of sp³-hybridized carbons (Fsp3) is 0.438. The van der Waals surface area contributed by atoms with Crippen molar-refractivity contribution in [3.8, 4) is 11.5 Å². The molecule has 20 heavy (non-hydrogen) atoms. The normalized spacial score (nSPS) is 16.9. The topological polar surface area (TPSA) is 51.8 Å². The maximum atomic E-state index is 5.19. The fourth-order valence-corrected chi connectivity index (χ4v) is 2.65. The lowest BCUT2D eigenvalue weighted by Gasteiger charge is -2.17. The van der Waals surface area contributed by atoms with Crippen LogP contribution in [0.4, 0.5) is 0 Å². The number of allylic oxidation sites excluding steroid dienone is 1. The van der Waals surface area contributed by atoms with Crippen molar-refractivity contribution >= 4 is 6.08 Å². The summed E-state index contributed by atoms with van der Waals surface area (Å²) in [5.74, 6) is 1.91. The molecule has 104 valence electrons. The van der Waals surface area contributed by atoms with Gasteiger partial charge in [0, 0.05) is 11.8 Å². The van der Waals surface area contributed by atoms with E-state index in [4.69, 9.17) is 4.52 Å². The quantitative estimate of drug-likeness (QED) is 0.844. The van der Waals surface area contributed by atoms with E-state index in [9.17, 15) is 0 Å². The Morgan fingerprint density at radius 3 is 2.85 bits per heavy atom. The number of pyridine rings is 1. The number of aryl methyl sites for hydroxylation is 1. The van der Waals surface area contributed by atoms with Gasteiger partial charge in [-0.15, -0.1) is 0 Å². The first-order valence-electron chi connectivity index (χ1n) is 7.26. The molecule has 0 bridgehead atoms. The Balaban J connectivity index is 1.75. The lowest BCUT2D eigenvalue weighted by atomic mass is 9.89. The Kier molecular flexibility index (Phi) is 3.90. The number of hydrogen-bond acceptors (Lipinski definition) is 4. The lowest BCUT2D eigenvalue weighted by Crippen LogP contribution is -2.02. The minimum Gasteiger partial charge on any atom is -0.334 e. The van der Waals surface area contributed by atoms with Gasteiger partial charge < -0.3 is 4.52 Å². The second-order valence-corrected chi connectivity index (χ2v) is 5.37. The van der Waals surface area contributed by atoms with E-state index >= 15 is 0 Å². The van der Waals surface area contributed by atoms with Gasteiger partial charge in [-0.2, -0.15) is 4.98 Å². The van der Waals surface area contributed by atoms with Crippen LogP contribution in [-0.2, 0) is 0 Å². The summed E-state index contributed by atoms with van der Waals surface area (Å²) in [7, 11) is 0. The van der Waals surface area contributed by atoms with E-state index in [0.717, 1.165) is 11.3 Å². The molecule has 1 aliphatic rings. The SMILES string of the molecule is Cc1noc(-c2ccnc(/C=C/C3CCCCC3)c2)n1. The van der Waals surface area contributed by atoms with E-state index in [-0.39, 0.29) is 0 Å². The molecular weight excluding hydrogens is 250 g/mol. The molecule has 0 spiro atoms. The molecule has 4 nitrogen and oxygen atoms in total. The van der Waals surface area contributed by atoms with Crippen LogP contribution in [0.5, 0.6) is 0 Å². The third-order valence-electron chi connectivity index (χ3n) is 3.74. The highest BCUT2D eigenvalue weighted by Crippen LogP contribution is 2.25. The van der Waals surface area contributed by atoms with E-state index in [1.54, 1.807) is 6.20 Å². The van der Waals surface area contributed by atoms with Crippen LogP contribution in [0.2, 0.25) is 0 Å². The van der Waals surface area contributed by atoms with Crippen molar-refractivity contribution < 1.29 is 4.52 Å². The van der Waals surface area contributed by atoms with Crippen molar-refractivity contribution in [2.45, 2.75) is 39.0 Å². The summed E-state index contributed by atoms with van der Waals surface area (Å²) in [6.45, 7) is 1.82. The zero-order valence-corrected chi connectivity index (χ0v) is 11.7. The molecule has 1 saturated carbocycles. The summed E-state index contributed by atoms with van der Waals surface area (Å²) in [4.78, 5) is 8.62. The molecule has 0 radical (unpaired) electrons. The molecule has 0 saturated heterocycles. The monoisotopic (exact) mass is 269 g/mol. The van der Waals surface area contributed by atoms with Crippen LogP contribution in [0.1, 0.15) is 43.6 Å². The highest BCUT2D eigenvalue weighted by atomic mass is 16.5. The highest BCUT2D eigenvalue weighted by Gasteiger charge is 2.10. The van der Waals surface area contributed by atoms with Crippen LogP contribution in [0.15, 0.2) is 28.9 Å². The van der Waals surface area contributed by atoms with Crippen LogP contribution in [0.25, 0.3) is 17.5 Å². The smallest absolute Gasteiger partial charge is 0.258 e. The molecule has 0 N–H and O–H groups in total.